The minimum Gasteiger partial charge on any atom is -0.381 e. The van der Waals surface area contributed by atoms with E-state index in [4.69, 9.17) is 4.74 Å². The van der Waals surface area contributed by atoms with Crippen molar-refractivity contribution in [3.63, 3.8) is 0 Å². The number of rotatable bonds is 6. The molecule has 2 aliphatic heterocycles. The first kappa shape index (κ1) is 14.1. The standard InChI is InChI=1S/C14H24N2OS/c18-12-15-7-4-10-17-11-13-5-3-9-16-8-2-1-6-14(13)16/h13-14H,1-11H2. The van der Waals surface area contributed by atoms with E-state index in [0.29, 0.717) is 0 Å². The van der Waals surface area contributed by atoms with Gasteiger partial charge in [-0.05, 0) is 63.3 Å². The molecular formula is C14H24N2OS. The van der Waals surface area contributed by atoms with Crippen LogP contribution in [0, 0.1) is 5.92 Å². The summed E-state index contributed by atoms with van der Waals surface area (Å²) >= 11 is 4.53. The first-order valence-electron chi connectivity index (χ1n) is 7.27. The molecule has 0 aromatic carbocycles. The lowest BCUT2D eigenvalue weighted by atomic mass is 9.84. The highest BCUT2D eigenvalue weighted by Crippen LogP contribution is 2.30. The van der Waals surface area contributed by atoms with Crippen LogP contribution in [0.3, 0.4) is 0 Å². The monoisotopic (exact) mass is 268 g/mol. The van der Waals surface area contributed by atoms with Crippen LogP contribution in [0.25, 0.3) is 0 Å². The number of hydrogen-bond donors (Lipinski definition) is 0. The van der Waals surface area contributed by atoms with Crippen molar-refractivity contribution in [2.75, 3.05) is 32.8 Å². The van der Waals surface area contributed by atoms with Crippen molar-refractivity contribution in [2.24, 2.45) is 10.9 Å². The minimum absolute atomic E-state index is 0.754. The Labute approximate surface area is 116 Å². The molecule has 0 aromatic heterocycles. The van der Waals surface area contributed by atoms with Crippen molar-refractivity contribution >= 4 is 17.4 Å². The van der Waals surface area contributed by atoms with Gasteiger partial charge in [0.1, 0.15) is 0 Å². The van der Waals surface area contributed by atoms with Gasteiger partial charge in [-0.2, -0.15) is 0 Å². The lowest BCUT2D eigenvalue weighted by Gasteiger charge is -2.44. The molecule has 2 rings (SSSR count). The number of fused-ring (bicyclic) bond motifs is 1. The highest BCUT2D eigenvalue weighted by atomic mass is 32.1. The van der Waals surface area contributed by atoms with Gasteiger partial charge in [-0.15, -0.1) is 0 Å². The maximum atomic E-state index is 5.82. The molecule has 0 N–H and O–H groups in total. The summed E-state index contributed by atoms with van der Waals surface area (Å²) in [5.41, 5.74) is 0. The second-order valence-corrected chi connectivity index (χ2v) is 5.59. The molecule has 2 atom stereocenters. The SMILES string of the molecule is S=C=NCCCOCC1CCCN2CCCCC12. The summed E-state index contributed by atoms with van der Waals surface area (Å²) in [6, 6.07) is 0.798. The van der Waals surface area contributed by atoms with Crippen LogP contribution >= 0.6 is 12.2 Å². The largest absolute Gasteiger partial charge is 0.381 e. The highest BCUT2D eigenvalue weighted by Gasteiger charge is 2.32. The van der Waals surface area contributed by atoms with Gasteiger partial charge < -0.3 is 9.64 Å². The van der Waals surface area contributed by atoms with E-state index in [-0.39, 0.29) is 0 Å². The van der Waals surface area contributed by atoms with Crippen LogP contribution in [0.1, 0.15) is 38.5 Å². The lowest BCUT2D eigenvalue weighted by molar-refractivity contribution is 0.00392. The van der Waals surface area contributed by atoms with E-state index in [1.165, 1.54) is 45.2 Å². The predicted octanol–water partition coefficient (Wildman–Crippen LogP) is 2.76. The second kappa shape index (κ2) is 8.00. The fourth-order valence-electron chi connectivity index (χ4n) is 3.30. The molecule has 0 aliphatic carbocycles. The van der Waals surface area contributed by atoms with Crippen LogP contribution in [0.5, 0.6) is 0 Å². The van der Waals surface area contributed by atoms with Crippen molar-refractivity contribution in [3.05, 3.63) is 0 Å². The fourth-order valence-corrected chi connectivity index (χ4v) is 3.39. The van der Waals surface area contributed by atoms with Gasteiger partial charge in [0.25, 0.3) is 0 Å². The first-order valence-corrected chi connectivity index (χ1v) is 7.68. The fraction of sp³-hybridized carbons (Fsp3) is 0.929. The van der Waals surface area contributed by atoms with Crippen LogP contribution in [0.15, 0.2) is 4.99 Å². The smallest absolute Gasteiger partial charge is 0.0584 e. The summed E-state index contributed by atoms with van der Waals surface area (Å²) < 4.78 is 5.82. The molecule has 0 amide bonds. The Hall–Kier alpha value is -0.280. The highest BCUT2D eigenvalue weighted by molar-refractivity contribution is 7.78. The Morgan fingerprint density at radius 2 is 2.11 bits per heavy atom. The summed E-state index contributed by atoms with van der Waals surface area (Å²) in [5.74, 6) is 0.757. The number of hydrogen-bond acceptors (Lipinski definition) is 4. The van der Waals surface area contributed by atoms with Crippen molar-refractivity contribution in [2.45, 2.75) is 44.6 Å². The third-order valence-electron chi connectivity index (χ3n) is 4.18. The van der Waals surface area contributed by atoms with E-state index in [2.05, 4.69) is 27.3 Å². The van der Waals surface area contributed by atoms with E-state index in [1.54, 1.807) is 0 Å². The molecule has 2 heterocycles. The third kappa shape index (κ3) is 4.13. The molecule has 4 heteroatoms. The predicted molar refractivity (Wildman–Crippen MR) is 77.3 cm³/mol. The third-order valence-corrected chi connectivity index (χ3v) is 4.31. The number of isothiocyanates is 1. The molecule has 0 aromatic rings. The zero-order valence-electron chi connectivity index (χ0n) is 11.1. The maximum Gasteiger partial charge on any atom is 0.0584 e. The topological polar surface area (TPSA) is 24.8 Å². The number of piperidine rings is 2. The van der Waals surface area contributed by atoms with Crippen LogP contribution in [-0.2, 0) is 4.74 Å². The summed E-state index contributed by atoms with van der Waals surface area (Å²) in [6.07, 6.45) is 7.83. The first-order chi connectivity index (χ1) is 8.92. The van der Waals surface area contributed by atoms with Crippen molar-refractivity contribution in [1.29, 1.82) is 0 Å². The molecule has 2 saturated heterocycles. The van der Waals surface area contributed by atoms with E-state index >= 15 is 0 Å². The van der Waals surface area contributed by atoms with Gasteiger partial charge in [0.05, 0.1) is 18.3 Å². The molecule has 2 fully saturated rings. The molecule has 2 aliphatic rings. The summed E-state index contributed by atoms with van der Waals surface area (Å²) in [6.45, 7) is 5.12. The minimum atomic E-state index is 0.754. The Morgan fingerprint density at radius 1 is 1.22 bits per heavy atom. The summed E-state index contributed by atoms with van der Waals surface area (Å²) in [4.78, 5) is 6.59. The Bertz CT molecular complexity index is 290. The van der Waals surface area contributed by atoms with Crippen molar-refractivity contribution < 1.29 is 4.74 Å². The van der Waals surface area contributed by atoms with Crippen molar-refractivity contribution in [3.8, 4) is 0 Å². The molecule has 102 valence electrons. The van der Waals surface area contributed by atoms with E-state index in [0.717, 1.165) is 38.1 Å². The zero-order chi connectivity index (χ0) is 12.6. The average molecular weight is 268 g/mol. The Morgan fingerprint density at radius 3 is 3.00 bits per heavy atom. The zero-order valence-corrected chi connectivity index (χ0v) is 12.0. The van der Waals surface area contributed by atoms with Gasteiger partial charge >= 0.3 is 0 Å². The van der Waals surface area contributed by atoms with Crippen LogP contribution in [0.2, 0.25) is 0 Å². The Kier molecular flexibility index (Phi) is 6.29. The van der Waals surface area contributed by atoms with Gasteiger partial charge in [0, 0.05) is 12.6 Å². The normalized spacial score (nSPS) is 28.4. The molecular weight excluding hydrogens is 244 g/mol. The molecule has 0 radical (unpaired) electrons. The second-order valence-electron chi connectivity index (χ2n) is 5.40. The summed E-state index contributed by atoms with van der Waals surface area (Å²) in [7, 11) is 0. The number of nitrogens with zero attached hydrogens (tertiary/aromatic N) is 2. The molecule has 2 unspecified atom stereocenters. The van der Waals surface area contributed by atoms with Crippen molar-refractivity contribution in [1.82, 2.24) is 4.90 Å². The number of ether oxygens (including phenoxy) is 1. The quantitative estimate of drug-likeness (QED) is 0.421. The van der Waals surface area contributed by atoms with E-state index in [9.17, 15) is 0 Å². The van der Waals surface area contributed by atoms with E-state index < -0.39 is 0 Å². The van der Waals surface area contributed by atoms with Gasteiger partial charge in [0.15, 0.2) is 0 Å². The maximum absolute atomic E-state index is 5.82. The van der Waals surface area contributed by atoms with Gasteiger partial charge in [0.2, 0.25) is 0 Å². The van der Waals surface area contributed by atoms with Crippen LogP contribution < -0.4 is 0 Å². The summed E-state index contributed by atoms with van der Waals surface area (Å²) in [5, 5.41) is 2.39. The van der Waals surface area contributed by atoms with E-state index in [1.807, 2.05) is 0 Å². The average Bonchev–Trinajstić information content (AvgIpc) is 2.43. The van der Waals surface area contributed by atoms with Crippen LogP contribution in [0.4, 0.5) is 0 Å². The molecule has 3 nitrogen and oxygen atoms in total. The molecule has 0 bridgehead atoms. The molecule has 0 saturated carbocycles. The molecule has 18 heavy (non-hydrogen) atoms. The lowest BCUT2D eigenvalue weighted by Crippen LogP contribution is -2.49. The molecule has 0 spiro atoms. The number of aliphatic imine (C=N–C) groups is 1. The van der Waals surface area contributed by atoms with Crippen LogP contribution in [-0.4, -0.2) is 49.0 Å². The van der Waals surface area contributed by atoms with Gasteiger partial charge in [-0.1, -0.05) is 6.42 Å². The van der Waals surface area contributed by atoms with Gasteiger partial charge in [-0.25, -0.2) is 4.99 Å². The Balaban J connectivity index is 1.66. The number of thiocarbonyl (C=S) groups is 1. The van der Waals surface area contributed by atoms with Gasteiger partial charge in [-0.3, -0.25) is 0 Å².